The summed E-state index contributed by atoms with van der Waals surface area (Å²) in [5.74, 6) is 1.79. The second-order valence-electron chi connectivity index (χ2n) is 4.77. The van der Waals surface area contributed by atoms with Crippen molar-refractivity contribution < 1.29 is 4.74 Å². The van der Waals surface area contributed by atoms with Crippen molar-refractivity contribution in [3.8, 4) is 5.88 Å². The number of hydrogen-bond donors (Lipinski definition) is 2. The van der Waals surface area contributed by atoms with E-state index < -0.39 is 0 Å². The summed E-state index contributed by atoms with van der Waals surface area (Å²) in [5.41, 5.74) is 6.51. The van der Waals surface area contributed by atoms with E-state index in [1.165, 1.54) is 0 Å². The van der Waals surface area contributed by atoms with Crippen LogP contribution in [-0.4, -0.2) is 48.7 Å². The van der Waals surface area contributed by atoms with E-state index in [1.54, 1.807) is 0 Å². The molecule has 6 nitrogen and oxygen atoms in total. The number of nitrogens with one attached hydrogen (secondary N) is 1. The fourth-order valence-electron chi connectivity index (χ4n) is 1.51. The normalized spacial score (nSPS) is 10.8. The van der Waals surface area contributed by atoms with E-state index in [0.717, 1.165) is 25.9 Å². The van der Waals surface area contributed by atoms with Crippen LogP contribution in [0.5, 0.6) is 5.88 Å². The second kappa shape index (κ2) is 7.78. The van der Waals surface area contributed by atoms with E-state index in [9.17, 15) is 0 Å². The lowest BCUT2D eigenvalue weighted by molar-refractivity contribution is 0.298. The molecule has 1 rings (SSSR count). The molecule has 0 aliphatic rings. The van der Waals surface area contributed by atoms with Gasteiger partial charge in [0.25, 0.3) is 0 Å². The third-order valence-corrected chi connectivity index (χ3v) is 2.61. The van der Waals surface area contributed by atoms with Gasteiger partial charge in [0, 0.05) is 13.1 Å². The predicted molar refractivity (Wildman–Crippen MR) is 78.6 cm³/mol. The molecule has 0 fully saturated rings. The quantitative estimate of drug-likeness (QED) is 0.695. The molecule has 0 unspecified atom stereocenters. The maximum Gasteiger partial charge on any atom is 0.242 e. The van der Waals surface area contributed by atoms with E-state index in [2.05, 4.69) is 27.1 Å². The average Bonchev–Trinajstić information content (AvgIpc) is 2.34. The number of nitrogens with two attached hydrogens (primary N) is 1. The number of nitrogens with zero attached hydrogens (tertiary/aromatic N) is 3. The summed E-state index contributed by atoms with van der Waals surface area (Å²) >= 11 is 0. The van der Waals surface area contributed by atoms with Crippen molar-refractivity contribution in [1.29, 1.82) is 0 Å². The predicted octanol–water partition coefficient (Wildman–Crippen LogP) is 1.52. The summed E-state index contributed by atoms with van der Waals surface area (Å²) in [6.45, 7) is 6.28. The zero-order valence-electron chi connectivity index (χ0n) is 12.4. The summed E-state index contributed by atoms with van der Waals surface area (Å²) in [7, 11) is 4.05. The first-order valence-electron chi connectivity index (χ1n) is 6.70. The fraction of sp³-hybridized carbons (Fsp3) is 0.692. The number of nitrogen functional groups attached to an aromatic ring is 1. The molecule has 108 valence electrons. The topological polar surface area (TPSA) is 76.3 Å². The number of hydrogen-bond acceptors (Lipinski definition) is 6. The van der Waals surface area contributed by atoms with Crippen LogP contribution in [0.3, 0.4) is 0 Å². The molecule has 0 aromatic carbocycles. The van der Waals surface area contributed by atoms with Crippen LogP contribution in [0.15, 0.2) is 0 Å². The van der Waals surface area contributed by atoms with Crippen molar-refractivity contribution in [3.05, 3.63) is 5.82 Å². The number of likely N-dealkylation sites (N-methyl/N-ethyl adjacent to an activating group) is 1. The Labute approximate surface area is 115 Å². The molecule has 0 spiro atoms. The molecular weight excluding hydrogens is 242 g/mol. The summed E-state index contributed by atoms with van der Waals surface area (Å²) in [6.07, 6.45) is 2.07. The molecule has 1 aromatic rings. The lowest BCUT2D eigenvalue weighted by Crippen LogP contribution is -2.22. The molecule has 19 heavy (non-hydrogen) atoms. The Bertz CT molecular complexity index is 395. The maximum absolute atomic E-state index is 6.03. The largest absolute Gasteiger partial charge is 0.476 e. The molecule has 0 aliphatic carbocycles. The van der Waals surface area contributed by atoms with Crippen molar-refractivity contribution in [2.24, 2.45) is 0 Å². The number of aryl methyl sites for hydroxylation is 1. The van der Waals surface area contributed by atoms with Crippen LogP contribution in [0.4, 0.5) is 11.5 Å². The van der Waals surface area contributed by atoms with Gasteiger partial charge >= 0.3 is 0 Å². The highest BCUT2D eigenvalue weighted by atomic mass is 16.5. The van der Waals surface area contributed by atoms with Crippen LogP contribution in [0.1, 0.15) is 25.6 Å². The molecular formula is C13H25N5O. The molecule has 1 heterocycles. The molecule has 0 amide bonds. The van der Waals surface area contributed by atoms with Crippen molar-refractivity contribution in [1.82, 2.24) is 14.9 Å². The van der Waals surface area contributed by atoms with Crippen LogP contribution < -0.4 is 15.8 Å². The first kappa shape index (κ1) is 15.5. The van der Waals surface area contributed by atoms with E-state index in [-0.39, 0.29) is 0 Å². The zero-order valence-corrected chi connectivity index (χ0v) is 12.4. The van der Waals surface area contributed by atoms with Gasteiger partial charge in [0.2, 0.25) is 5.88 Å². The first-order chi connectivity index (χ1) is 9.04. The zero-order chi connectivity index (χ0) is 14.3. The van der Waals surface area contributed by atoms with Gasteiger partial charge in [-0.15, -0.1) is 0 Å². The standard InChI is InChI=1S/C13H25N5O/c1-5-6-9-19-13-11(14)12(16-10(2)17-13)15-7-8-18(3)4/h5-9,14H2,1-4H3,(H,15,16,17). The van der Waals surface area contributed by atoms with Crippen LogP contribution in [-0.2, 0) is 0 Å². The van der Waals surface area contributed by atoms with Gasteiger partial charge in [-0.25, -0.2) is 4.98 Å². The Morgan fingerprint density at radius 2 is 2.05 bits per heavy atom. The van der Waals surface area contributed by atoms with Gasteiger partial charge in [-0.2, -0.15) is 4.98 Å². The molecule has 0 saturated carbocycles. The van der Waals surface area contributed by atoms with Gasteiger partial charge in [0.15, 0.2) is 5.82 Å². The third kappa shape index (κ3) is 5.30. The van der Waals surface area contributed by atoms with Crippen LogP contribution in [0.25, 0.3) is 0 Å². The van der Waals surface area contributed by atoms with E-state index in [1.807, 2.05) is 21.0 Å². The number of rotatable bonds is 8. The van der Waals surface area contributed by atoms with E-state index >= 15 is 0 Å². The Morgan fingerprint density at radius 1 is 1.32 bits per heavy atom. The SMILES string of the molecule is CCCCOc1nc(C)nc(NCCN(C)C)c1N. The molecule has 0 radical (unpaired) electrons. The second-order valence-corrected chi connectivity index (χ2v) is 4.77. The summed E-state index contributed by atoms with van der Waals surface area (Å²) in [6, 6.07) is 0. The Morgan fingerprint density at radius 3 is 2.68 bits per heavy atom. The van der Waals surface area contributed by atoms with E-state index in [4.69, 9.17) is 10.5 Å². The monoisotopic (exact) mass is 267 g/mol. The minimum Gasteiger partial charge on any atom is -0.476 e. The third-order valence-electron chi connectivity index (χ3n) is 2.61. The summed E-state index contributed by atoms with van der Waals surface area (Å²) in [5, 5.41) is 3.22. The van der Waals surface area contributed by atoms with Crippen molar-refractivity contribution in [2.75, 3.05) is 44.8 Å². The fourth-order valence-corrected chi connectivity index (χ4v) is 1.51. The summed E-state index contributed by atoms with van der Waals surface area (Å²) < 4.78 is 5.60. The van der Waals surface area contributed by atoms with E-state index in [0.29, 0.717) is 29.8 Å². The molecule has 0 bridgehead atoms. The summed E-state index contributed by atoms with van der Waals surface area (Å²) in [4.78, 5) is 10.6. The highest BCUT2D eigenvalue weighted by molar-refractivity contribution is 5.66. The highest BCUT2D eigenvalue weighted by Gasteiger charge is 2.11. The molecule has 6 heteroatoms. The van der Waals surface area contributed by atoms with Gasteiger partial charge in [-0.3, -0.25) is 0 Å². The molecule has 3 N–H and O–H groups in total. The highest BCUT2D eigenvalue weighted by Crippen LogP contribution is 2.25. The Balaban J connectivity index is 2.69. The molecule has 0 saturated heterocycles. The Hall–Kier alpha value is -1.56. The number of ether oxygens (including phenoxy) is 1. The van der Waals surface area contributed by atoms with Crippen molar-refractivity contribution >= 4 is 11.5 Å². The van der Waals surface area contributed by atoms with Gasteiger partial charge in [-0.1, -0.05) is 13.3 Å². The minimum absolute atomic E-state index is 0.480. The lowest BCUT2D eigenvalue weighted by atomic mass is 10.3. The number of unbranched alkanes of at least 4 members (excludes halogenated alkanes) is 1. The first-order valence-corrected chi connectivity index (χ1v) is 6.70. The minimum atomic E-state index is 0.480. The van der Waals surface area contributed by atoms with Crippen molar-refractivity contribution in [3.63, 3.8) is 0 Å². The molecule has 0 atom stereocenters. The van der Waals surface area contributed by atoms with Crippen LogP contribution >= 0.6 is 0 Å². The molecule has 1 aromatic heterocycles. The molecule has 0 aliphatic heterocycles. The Kier molecular flexibility index (Phi) is 6.35. The number of aromatic nitrogens is 2. The van der Waals surface area contributed by atoms with Gasteiger partial charge in [-0.05, 0) is 27.4 Å². The maximum atomic E-state index is 6.03. The number of anilines is 2. The lowest BCUT2D eigenvalue weighted by Gasteiger charge is -2.14. The smallest absolute Gasteiger partial charge is 0.242 e. The average molecular weight is 267 g/mol. The van der Waals surface area contributed by atoms with Crippen molar-refractivity contribution in [2.45, 2.75) is 26.7 Å². The van der Waals surface area contributed by atoms with Gasteiger partial charge < -0.3 is 20.7 Å². The van der Waals surface area contributed by atoms with Gasteiger partial charge in [0.05, 0.1) is 6.61 Å². The van der Waals surface area contributed by atoms with Gasteiger partial charge in [0.1, 0.15) is 11.5 Å². The van der Waals surface area contributed by atoms with Crippen LogP contribution in [0, 0.1) is 6.92 Å². The van der Waals surface area contributed by atoms with Crippen LogP contribution in [0.2, 0.25) is 0 Å².